The van der Waals surface area contributed by atoms with Crippen molar-refractivity contribution in [1.29, 1.82) is 0 Å². The van der Waals surface area contributed by atoms with Gasteiger partial charge in [-0.2, -0.15) is 0 Å². The molecule has 1 saturated heterocycles. The van der Waals surface area contributed by atoms with E-state index in [9.17, 15) is 35.1 Å². The molecule has 0 aliphatic carbocycles. The number of carbonyl (C=O) groups is 2. The van der Waals surface area contributed by atoms with Crippen LogP contribution < -0.4 is 5.32 Å². The molecule has 1 aliphatic rings. The Morgan fingerprint density at radius 1 is 0.463 bits per heavy atom. The van der Waals surface area contributed by atoms with Gasteiger partial charge in [-0.25, -0.2) is 0 Å². The molecule has 7 atom stereocenters. The first kappa shape index (κ1) is 75.6. The van der Waals surface area contributed by atoms with E-state index < -0.39 is 49.5 Å². The van der Waals surface area contributed by atoms with Crippen molar-refractivity contribution in [3.8, 4) is 0 Å². The maximum Gasteiger partial charge on any atom is 0.305 e. The second kappa shape index (κ2) is 58.4. The lowest BCUT2D eigenvalue weighted by atomic mass is 9.99. The third kappa shape index (κ3) is 47.0. The van der Waals surface area contributed by atoms with E-state index in [0.717, 1.165) is 70.6 Å². The molecule has 0 spiro atoms. The summed E-state index contributed by atoms with van der Waals surface area (Å²) >= 11 is 0. The molecule has 11 heteroatoms. The Hall–Kier alpha value is -2.38. The Kier molecular flexibility index (Phi) is 55.2. The molecule has 0 saturated carbocycles. The largest absolute Gasteiger partial charge is 0.466 e. The highest BCUT2D eigenvalue weighted by Crippen LogP contribution is 2.23. The lowest BCUT2D eigenvalue weighted by Gasteiger charge is -2.40. The number of hydrogen-bond donors (Lipinski definition) is 6. The first-order valence-electron chi connectivity index (χ1n) is 33.9. The SMILES string of the molecule is CCCCCCCCC/C=C\CCCCCCCC(=O)OCCCCCCCCCCC/C=C\C/C=C\CCCCCCCCCCCCCC(=O)NC(COC1OC(CO)C(O)C(O)C1O)C(O)/C=C/CCCCCCCCC. The number of carbonyl (C=O) groups excluding carboxylic acids is 2. The minimum Gasteiger partial charge on any atom is -0.466 e. The summed E-state index contributed by atoms with van der Waals surface area (Å²) in [5.74, 6) is -0.193. The average Bonchev–Trinajstić information content (AvgIpc) is 3.50. The summed E-state index contributed by atoms with van der Waals surface area (Å²) in [7, 11) is 0. The van der Waals surface area contributed by atoms with Gasteiger partial charge in [0.1, 0.15) is 24.4 Å². The van der Waals surface area contributed by atoms with E-state index in [0.29, 0.717) is 19.4 Å². The highest BCUT2D eigenvalue weighted by atomic mass is 16.7. The quantitative estimate of drug-likeness (QED) is 0.0195. The topological polar surface area (TPSA) is 175 Å². The number of aliphatic hydroxyl groups excluding tert-OH is 5. The zero-order valence-electron chi connectivity index (χ0n) is 51.8. The van der Waals surface area contributed by atoms with Crippen LogP contribution in [-0.2, 0) is 23.8 Å². The number of hydrogen-bond acceptors (Lipinski definition) is 10. The molecule has 1 heterocycles. The van der Waals surface area contributed by atoms with Crippen molar-refractivity contribution in [2.75, 3.05) is 19.8 Å². The Balaban J connectivity index is 1.96. The van der Waals surface area contributed by atoms with Crippen molar-refractivity contribution in [1.82, 2.24) is 5.32 Å². The number of unbranched alkanes of at least 4 members (excludes halogenated alkanes) is 39. The third-order valence-corrected chi connectivity index (χ3v) is 15.9. The number of rotatable bonds is 59. The minimum absolute atomic E-state index is 0.00649. The predicted molar refractivity (Wildman–Crippen MR) is 334 cm³/mol. The van der Waals surface area contributed by atoms with Crippen molar-refractivity contribution >= 4 is 11.9 Å². The van der Waals surface area contributed by atoms with Crippen LogP contribution in [0, 0.1) is 0 Å². The molecular formula is C69H127NO10. The van der Waals surface area contributed by atoms with E-state index in [2.05, 4.69) is 55.6 Å². The summed E-state index contributed by atoms with van der Waals surface area (Å²) in [4.78, 5) is 25.1. The second-order valence-corrected chi connectivity index (χ2v) is 23.5. The van der Waals surface area contributed by atoms with E-state index in [1.165, 1.54) is 218 Å². The summed E-state index contributed by atoms with van der Waals surface area (Å²) in [5.41, 5.74) is 0. The van der Waals surface area contributed by atoms with Crippen LogP contribution in [0.3, 0.4) is 0 Å². The molecule has 1 amide bonds. The molecule has 1 rings (SSSR count). The van der Waals surface area contributed by atoms with E-state index in [4.69, 9.17) is 14.2 Å². The third-order valence-electron chi connectivity index (χ3n) is 15.9. The van der Waals surface area contributed by atoms with Crippen LogP contribution in [0.5, 0.6) is 0 Å². The van der Waals surface area contributed by atoms with Crippen molar-refractivity contribution in [3.05, 3.63) is 48.6 Å². The van der Waals surface area contributed by atoms with Crippen molar-refractivity contribution in [3.63, 3.8) is 0 Å². The monoisotopic (exact) mass is 1130 g/mol. The number of nitrogens with one attached hydrogen (secondary N) is 1. The number of esters is 1. The van der Waals surface area contributed by atoms with Gasteiger partial charge in [-0.1, -0.05) is 262 Å². The fraction of sp³-hybridized carbons (Fsp3) is 0.855. The molecule has 7 unspecified atom stereocenters. The van der Waals surface area contributed by atoms with Gasteiger partial charge in [-0.05, 0) is 89.9 Å². The van der Waals surface area contributed by atoms with Crippen LogP contribution in [0.4, 0.5) is 0 Å². The second-order valence-electron chi connectivity index (χ2n) is 23.5. The van der Waals surface area contributed by atoms with Gasteiger partial charge in [0.05, 0.1) is 32.0 Å². The molecule has 11 nitrogen and oxygen atoms in total. The number of aliphatic hydroxyl groups is 5. The first-order valence-corrected chi connectivity index (χ1v) is 33.9. The predicted octanol–water partition coefficient (Wildman–Crippen LogP) is 16.8. The summed E-state index contributed by atoms with van der Waals surface area (Å²) in [6, 6.07) is -0.812. The van der Waals surface area contributed by atoms with Crippen LogP contribution in [-0.4, -0.2) is 100 Å². The lowest BCUT2D eigenvalue weighted by Crippen LogP contribution is -2.60. The highest BCUT2D eigenvalue weighted by Gasteiger charge is 2.44. The summed E-state index contributed by atoms with van der Waals surface area (Å²) in [6.07, 6.45) is 65.3. The van der Waals surface area contributed by atoms with Crippen molar-refractivity contribution in [2.24, 2.45) is 0 Å². The van der Waals surface area contributed by atoms with Crippen LogP contribution >= 0.6 is 0 Å². The Morgan fingerprint density at radius 2 is 0.838 bits per heavy atom. The normalized spacial score (nSPS) is 18.6. The fourth-order valence-electron chi connectivity index (χ4n) is 10.5. The maximum atomic E-state index is 13.0. The van der Waals surface area contributed by atoms with Crippen molar-refractivity contribution in [2.45, 2.75) is 358 Å². The van der Waals surface area contributed by atoms with Gasteiger partial charge in [0.15, 0.2) is 6.29 Å². The zero-order valence-corrected chi connectivity index (χ0v) is 51.8. The Bertz CT molecular complexity index is 1470. The van der Waals surface area contributed by atoms with Gasteiger partial charge < -0.3 is 45.1 Å². The van der Waals surface area contributed by atoms with Gasteiger partial charge in [-0.3, -0.25) is 9.59 Å². The number of amides is 1. The van der Waals surface area contributed by atoms with Gasteiger partial charge in [0.25, 0.3) is 0 Å². The zero-order chi connectivity index (χ0) is 58.0. The standard InChI is InChI=1S/C69H127NO10/c1-3-5-7-9-11-13-14-15-16-31-34-37-41-45-49-53-57-65(74)78-58-54-50-46-42-38-35-32-29-27-25-23-21-19-17-18-20-22-24-26-28-30-33-36-40-44-48-52-56-64(73)70-61(62(72)55-51-47-43-39-12-10-8-6-4-2)60-79-69-68(77)67(76)66(75)63(59-71)80-69/h16-18,21,23,31,51,55,61-63,66-69,71-72,75-77H,3-15,19-20,22,24-30,32-50,52-54,56-60H2,1-2H3,(H,70,73)/b18-17-,23-21-,31-16-,55-51+. The van der Waals surface area contributed by atoms with Crippen LogP contribution in [0.25, 0.3) is 0 Å². The molecular weight excluding hydrogens is 1000 g/mol. The molecule has 1 fully saturated rings. The molecule has 80 heavy (non-hydrogen) atoms. The molecule has 1 aliphatic heterocycles. The van der Waals surface area contributed by atoms with E-state index in [1.54, 1.807) is 6.08 Å². The fourth-order valence-corrected chi connectivity index (χ4v) is 10.5. The Labute approximate surface area is 491 Å². The van der Waals surface area contributed by atoms with Gasteiger partial charge in [0.2, 0.25) is 5.91 Å². The minimum atomic E-state index is -1.57. The molecule has 0 aromatic rings. The smallest absolute Gasteiger partial charge is 0.305 e. The lowest BCUT2D eigenvalue weighted by molar-refractivity contribution is -0.302. The molecule has 0 aromatic carbocycles. The number of allylic oxidation sites excluding steroid dienone is 7. The summed E-state index contributed by atoms with van der Waals surface area (Å²) < 4.78 is 16.7. The van der Waals surface area contributed by atoms with Crippen LogP contribution in [0.2, 0.25) is 0 Å². The van der Waals surface area contributed by atoms with E-state index in [-0.39, 0.29) is 18.5 Å². The Morgan fingerprint density at radius 3 is 1.27 bits per heavy atom. The van der Waals surface area contributed by atoms with Crippen LogP contribution in [0.1, 0.15) is 316 Å². The van der Waals surface area contributed by atoms with Gasteiger partial charge in [0, 0.05) is 12.8 Å². The van der Waals surface area contributed by atoms with Crippen LogP contribution in [0.15, 0.2) is 48.6 Å². The molecule has 0 radical (unpaired) electrons. The van der Waals surface area contributed by atoms with Gasteiger partial charge >= 0.3 is 5.97 Å². The maximum absolute atomic E-state index is 13.0. The molecule has 0 aromatic heterocycles. The van der Waals surface area contributed by atoms with E-state index in [1.807, 2.05) is 6.08 Å². The summed E-state index contributed by atoms with van der Waals surface area (Å²) in [6.45, 7) is 4.32. The van der Waals surface area contributed by atoms with Gasteiger partial charge in [-0.15, -0.1) is 0 Å². The molecule has 0 bridgehead atoms. The highest BCUT2D eigenvalue weighted by molar-refractivity contribution is 5.76. The van der Waals surface area contributed by atoms with E-state index >= 15 is 0 Å². The average molecular weight is 1130 g/mol. The molecule has 468 valence electrons. The number of ether oxygens (including phenoxy) is 3. The summed E-state index contributed by atoms with van der Waals surface area (Å²) in [5, 5.41) is 54.3. The first-order chi connectivity index (χ1) is 39.2. The van der Waals surface area contributed by atoms with Crippen molar-refractivity contribution < 1.29 is 49.3 Å². The molecule has 6 N–H and O–H groups in total.